The summed E-state index contributed by atoms with van der Waals surface area (Å²) >= 11 is 6.44. The Labute approximate surface area is 203 Å². The topological polar surface area (TPSA) is 56.6 Å². The molecule has 34 heavy (non-hydrogen) atoms. The molecule has 7 heteroatoms. The maximum absolute atomic E-state index is 13.0. The van der Waals surface area contributed by atoms with Gasteiger partial charge in [0.05, 0.1) is 35.4 Å². The molecule has 0 N–H and O–H groups in total. The van der Waals surface area contributed by atoms with Crippen LogP contribution in [0.3, 0.4) is 0 Å². The molecule has 1 atom stereocenters. The fourth-order valence-electron chi connectivity index (χ4n) is 4.55. The number of para-hydroxylation sites is 3. The highest BCUT2D eigenvalue weighted by atomic mass is 35.5. The average molecular weight is 476 g/mol. The number of carbonyl (C=O) groups excluding carboxylic acids is 1. The molecule has 1 unspecified atom stereocenters. The molecule has 5 rings (SSSR count). The summed E-state index contributed by atoms with van der Waals surface area (Å²) < 4.78 is 13.6. The largest absolute Gasteiger partial charge is 0.497 e. The van der Waals surface area contributed by atoms with Crippen molar-refractivity contribution in [1.82, 2.24) is 9.55 Å². The van der Waals surface area contributed by atoms with Crippen molar-refractivity contribution < 1.29 is 14.3 Å². The number of carbonyl (C=O) groups is 1. The normalized spacial score (nSPS) is 15.8. The van der Waals surface area contributed by atoms with Gasteiger partial charge in [-0.05, 0) is 42.8 Å². The van der Waals surface area contributed by atoms with E-state index in [2.05, 4.69) is 10.6 Å². The van der Waals surface area contributed by atoms with E-state index in [-0.39, 0.29) is 11.8 Å². The molecule has 1 aliphatic rings. The van der Waals surface area contributed by atoms with Crippen molar-refractivity contribution in [3.63, 3.8) is 0 Å². The van der Waals surface area contributed by atoms with Crippen LogP contribution in [0.25, 0.3) is 11.0 Å². The van der Waals surface area contributed by atoms with Crippen molar-refractivity contribution in [2.75, 3.05) is 25.2 Å². The standard InChI is InChI=1S/C27H26ClN3O3/c1-18-7-3-6-10-25(18)34-14-13-30-23-9-5-4-8-22(23)29-27(30)19-15-26(32)31(17-19)24-16-20(33-2)11-12-21(24)28/h3-12,16,19H,13-15,17H2,1-2H3. The molecule has 0 aliphatic carbocycles. The number of hydrogen-bond acceptors (Lipinski definition) is 4. The van der Waals surface area contributed by atoms with Gasteiger partial charge in [-0.3, -0.25) is 4.79 Å². The van der Waals surface area contributed by atoms with Crippen LogP contribution in [0.5, 0.6) is 11.5 Å². The summed E-state index contributed by atoms with van der Waals surface area (Å²) in [6.45, 7) is 3.68. The smallest absolute Gasteiger partial charge is 0.227 e. The Balaban J connectivity index is 1.42. The molecule has 0 radical (unpaired) electrons. The average Bonchev–Trinajstić information content (AvgIpc) is 3.41. The Morgan fingerprint density at radius 3 is 2.71 bits per heavy atom. The zero-order chi connectivity index (χ0) is 23.7. The Bertz CT molecular complexity index is 1350. The van der Waals surface area contributed by atoms with E-state index in [9.17, 15) is 4.79 Å². The minimum absolute atomic E-state index is 0.0231. The molecule has 1 aliphatic heterocycles. The Morgan fingerprint density at radius 1 is 1.09 bits per heavy atom. The molecule has 1 fully saturated rings. The van der Waals surface area contributed by atoms with E-state index in [1.807, 2.05) is 55.5 Å². The van der Waals surface area contributed by atoms with Crippen molar-refractivity contribution in [1.29, 1.82) is 0 Å². The number of imidazole rings is 1. The molecule has 4 aromatic rings. The highest BCUT2D eigenvalue weighted by molar-refractivity contribution is 6.34. The predicted molar refractivity (Wildman–Crippen MR) is 134 cm³/mol. The van der Waals surface area contributed by atoms with Crippen LogP contribution in [0.2, 0.25) is 5.02 Å². The van der Waals surface area contributed by atoms with E-state index < -0.39 is 0 Å². The number of aromatic nitrogens is 2. The van der Waals surface area contributed by atoms with Gasteiger partial charge in [-0.2, -0.15) is 0 Å². The number of amides is 1. The van der Waals surface area contributed by atoms with Gasteiger partial charge < -0.3 is 18.9 Å². The third kappa shape index (κ3) is 4.21. The van der Waals surface area contributed by atoms with Gasteiger partial charge in [-0.15, -0.1) is 0 Å². The summed E-state index contributed by atoms with van der Waals surface area (Å²) in [5.74, 6) is 2.40. The van der Waals surface area contributed by atoms with Crippen molar-refractivity contribution in [2.45, 2.75) is 25.8 Å². The van der Waals surface area contributed by atoms with E-state index in [0.717, 1.165) is 28.2 Å². The molecular formula is C27H26ClN3O3. The SMILES string of the molecule is COc1ccc(Cl)c(N2CC(c3nc4ccccc4n3CCOc3ccccc3C)CC2=O)c1. The first kappa shape index (κ1) is 22.3. The van der Waals surface area contributed by atoms with Crippen LogP contribution in [0.15, 0.2) is 66.7 Å². The van der Waals surface area contributed by atoms with Crippen LogP contribution in [-0.2, 0) is 11.3 Å². The van der Waals surface area contributed by atoms with Gasteiger partial charge in [0, 0.05) is 24.9 Å². The molecule has 3 aromatic carbocycles. The summed E-state index contributed by atoms with van der Waals surface area (Å²) in [5, 5.41) is 0.523. The van der Waals surface area contributed by atoms with Gasteiger partial charge >= 0.3 is 0 Å². The Kier molecular flexibility index (Phi) is 6.16. The summed E-state index contributed by atoms with van der Waals surface area (Å²) in [4.78, 5) is 19.7. The lowest BCUT2D eigenvalue weighted by molar-refractivity contribution is -0.117. The Hall–Kier alpha value is -3.51. The van der Waals surface area contributed by atoms with Gasteiger partial charge in [-0.25, -0.2) is 4.98 Å². The molecule has 2 heterocycles. The fourth-order valence-corrected chi connectivity index (χ4v) is 4.77. The number of rotatable bonds is 7. The number of fused-ring (bicyclic) bond motifs is 1. The number of methoxy groups -OCH3 is 1. The summed E-state index contributed by atoms with van der Waals surface area (Å²) in [6.07, 6.45) is 0.371. The van der Waals surface area contributed by atoms with Gasteiger partial charge in [0.25, 0.3) is 0 Å². The molecular weight excluding hydrogens is 450 g/mol. The van der Waals surface area contributed by atoms with Gasteiger partial charge in [0.1, 0.15) is 23.9 Å². The number of aryl methyl sites for hydroxylation is 1. The van der Waals surface area contributed by atoms with Crippen molar-refractivity contribution in [3.05, 3.63) is 83.1 Å². The second-order valence-electron chi connectivity index (χ2n) is 8.45. The summed E-state index contributed by atoms with van der Waals surface area (Å²) in [5.41, 5.74) is 3.72. The van der Waals surface area contributed by atoms with Crippen molar-refractivity contribution in [2.24, 2.45) is 0 Å². The first-order chi connectivity index (χ1) is 16.5. The number of nitrogens with zero attached hydrogens (tertiary/aromatic N) is 3. The molecule has 1 aromatic heterocycles. The zero-order valence-corrected chi connectivity index (χ0v) is 20.0. The number of halogens is 1. The minimum Gasteiger partial charge on any atom is -0.497 e. The van der Waals surface area contributed by atoms with E-state index in [1.165, 1.54) is 0 Å². The minimum atomic E-state index is -0.0550. The second-order valence-corrected chi connectivity index (χ2v) is 8.85. The lowest BCUT2D eigenvalue weighted by Crippen LogP contribution is -2.25. The van der Waals surface area contributed by atoms with Crippen LogP contribution in [0, 0.1) is 6.92 Å². The Morgan fingerprint density at radius 2 is 1.88 bits per heavy atom. The van der Waals surface area contributed by atoms with E-state index in [0.29, 0.717) is 42.6 Å². The monoisotopic (exact) mass is 475 g/mol. The molecule has 174 valence electrons. The third-order valence-electron chi connectivity index (χ3n) is 6.28. The lowest BCUT2D eigenvalue weighted by atomic mass is 10.1. The first-order valence-electron chi connectivity index (χ1n) is 11.3. The fraction of sp³-hybridized carbons (Fsp3) is 0.259. The van der Waals surface area contributed by atoms with E-state index in [1.54, 1.807) is 24.1 Å². The van der Waals surface area contributed by atoms with Crippen molar-refractivity contribution in [3.8, 4) is 11.5 Å². The van der Waals surface area contributed by atoms with Crippen LogP contribution in [0.1, 0.15) is 23.7 Å². The third-order valence-corrected chi connectivity index (χ3v) is 6.60. The molecule has 6 nitrogen and oxygen atoms in total. The summed E-state index contributed by atoms with van der Waals surface area (Å²) in [6, 6.07) is 21.4. The maximum atomic E-state index is 13.0. The molecule has 1 amide bonds. The highest BCUT2D eigenvalue weighted by Gasteiger charge is 2.35. The van der Waals surface area contributed by atoms with E-state index >= 15 is 0 Å². The number of ether oxygens (including phenoxy) is 2. The second kappa shape index (κ2) is 9.39. The van der Waals surface area contributed by atoms with Gasteiger partial charge in [0.15, 0.2) is 0 Å². The van der Waals surface area contributed by atoms with Gasteiger partial charge in [-0.1, -0.05) is 41.9 Å². The lowest BCUT2D eigenvalue weighted by Gasteiger charge is -2.19. The van der Waals surface area contributed by atoms with Crippen LogP contribution in [-0.4, -0.2) is 35.7 Å². The molecule has 1 saturated heterocycles. The number of benzene rings is 3. The van der Waals surface area contributed by atoms with Crippen LogP contribution in [0.4, 0.5) is 5.69 Å². The molecule has 0 spiro atoms. The van der Waals surface area contributed by atoms with Crippen molar-refractivity contribution >= 4 is 34.2 Å². The van der Waals surface area contributed by atoms with Gasteiger partial charge in [0.2, 0.25) is 5.91 Å². The number of hydrogen-bond donors (Lipinski definition) is 0. The predicted octanol–water partition coefficient (Wildman–Crippen LogP) is 5.61. The first-order valence-corrected chi connectivity index (χ1v) is 11.7. The summed E-state index contributed by atoms with van der Waals surface area (Å²) in [7, 11) is 1.60. The van der Waals surface area contributed by atoms with Crippen LogP contribution < -0.4 is 14.4 Å². The zero-order valence-electron chi connectivity index (χ0n) is 19.2. The highest BCUT2D eigenvalue weighted by Crippen LogP contribution is 2.37. The molecule has 0 bridgehead atoms. The maximum Gasteiger partial charge on any atom is 0.227 e. The van der Waals surface area contributed by atoms with E-state index in [4.69, 9.17) is 26.1 Å². The number of anilines is 1. The molecule has 0 saturated carbocycles. The van der Waals surface area contributed by atoms with Crippen LogP contribution >= 0.6 is 11.6 Å². The quantitative estimate of drug-likeness (QED) is 0.349.